The number of likely N-dealkylation sites (N-methyl/N-ethyl adjacent to an activating group) is 1. The van der Waals surface area contributed by atoms with Crippen LogP contribution in [0.15, 0.2) is 118 Å². The predicted octanol–water partition coefficient (Wildman–Crippen LogP) is 9.75. The van der Waals surface area contributed by atoms with E-state index >= 15 is 0 Å². The summed E-state index contributed by atoms with van der Waals surface area (Å²) < 4.78 is 77.1. The highest BCUT2D eigenvalue weighted by Gasteiger charge is 2.46. The van der Waals surface area contributed by atoms with Crippen molar-refractivity contribution in [3.8, 4) is 0 Å². The molecule has 3 N–H and O–H groups in total. The zero-order valence-corrected chi connectivity index (χ0v) is 43.8. The van der Waals surface area contributed by atoms with Crippen molar-refractivity contribution in [3.63, 3.8) is 0 Å². The monoisotopic (exact) mass is 1020 g/mol. The molecule has 0 unspecified atom stereocenters. The molecule has 1 aromatic heterocycles. The Morgan fingerprint density at radius 2 is 1.61 bits per heavy atom. The molecule has 5 aromatic rings. The molecule has 2 aliphatic heterocycles. The number of carbonyl (C=O) groups excluding carboxylic acids is 2. The number of hydrogen-bond donors (Lipinski definition) is 3. The van der Waals surface area contributed by atoms with Gasteiger partial charge >= 0.3 is 0 Å². The van der Waals surface area contributed by atoms with Crippen LogP contribution in [-0.2, 0) is 45.2 Å². The second-order valence-electron chi connectivity index (χ2n) is 19.8. The normalized spacial score (nSPS) is 16.4. The van der Waals surface area contributed by atoms with E-state index in [1.807, 2.05) is 91.0 Å². The number of pyridine rings is 1. The van der Waals surface area contributed by atoms with Crippen molar-refractivity contribution >= 4 is 88.2 Å². The number of aromatic nitrogens is 1. The summed E-state index contributed by atoms with van der Waals surface area (Å²) in [6.07, 6.45) is 12.2. The molecule has 0 atom stereocenters. The molecule has 1 amide bonds. The Hall–Kier alpha value is -5.57. The SMILES string of the molecule is CCN1/C(=C/C=C(/C=C/C2=[N+](CC)c3ccc4c(SOO[O-])cc(S(=O)(=O)O)cc4c3C2(C)C)c2ccc(C(=O)NCCCCCC(=O)C(C)(C)C)cn2)C(C)(C)c2c1ccc1c(S(=O)(=O)O)cccc21. The van der Waals surface area contributed by atoms with E-state index in [4.69, 9.17) is 4.98 Å². The highest BCUT2D eigenvalue weighted by Crippen LogP contribution is 2.52. The van der Waals surface area contributed by atoms with Gasteiger partial charge in [0.25, 0.3) is 26.1 Å². The number of hydrogen-bond acceptors (Lipinski definition) is 12. The van der Waals surface area contributed by atoms with E-state index in [0.717, 1.165) is 53.2 Å². The number of anilines is 1. The Kier molecular flexibility index (Phi) is 15.4. The summed E-state index contributed by atoms with van der Waals surface area (Å²) >= 11 is 0.533. The first kappa shape index (κ1) is 53.2. The highest BCUT2D eigenvalue weighted by molar-refractivity contribution is 7.94. The number of Topliss-reactive ketones (excluding diaryl/α,β-unsaturated/α-hetero) is 1. The van der Waals surface area contributed by atoms with Gasteiger partial charge in [-0.3, -0.25) is 28.7 Å². The van der Waals surface area contributed by atoms with Gasteiger partial charge in [-0.25, -0.2) is 0 Å². The van der Waals surface area contributed by atoms with Crippen molar-refractivity contribution in [2.75, 3.05) is 24.5 Å². The Morgan fingerprint density at radius 1 is 0.873 bits per heavy atom. The molecule has 7 rings (SSSR count). The molecule has 15 nitrogen and oxygen atoms in total. The zero-order chi connectivity index (χ0) is 51.8. The van der Waals surface area contributed by atoms with Crippen LogP contribution in [-0.4, -0.2) is 72.5 Å². The van der Waals surface area contributed by atoms with Crippen LogP contribution in [0.5, 0.6) is 0 Å². The Labute approximate surface area is 419 Å². The molecule has 0 spiro atoms. The number of ketones is 1. The fraction of sp³-hybridized carbons (Fsp3) is 0.358. The summed E-state index contributed by atoms with van der Waals surface area (Å²) in [7, 11) is -9.19. The van der Waals surface area contributed by atoms with Crippen molar-refractivity contribution in [2.24, 2.45) is 5.41 Å². The first-order chi connectivity index (χ1) is 33.4. The minimum absolute atomic E-state index is 0.168. The Bertz CT molecular complexity index is 3300. The van der Waals surface area contributed by atoms with Crippen molar-refractivity contribution < 1.29 is 54.7 Å². The second kappa shape index (κ2) is 20.5. The highest BCUT2D eigenvalue weighted by atomic mass is 32.2. The van der Waals surface area contributed by atoms with Gasteiger partial charge in [0.2, 0.25) is 5.69 Å². The van der Waals surface area contributed by atoms with E-state index in [9.17, 15) is 40.8 Å². The Morgan fingerprint density at radius 3 is 2.24 bits per heavy atom. The molecule has 4 aromatic carbocycles. The van der Waals surface area contributed by atoms with Crippen LogP contribution >= 0.6 is 12.0 Å². The van der Waals surface area contributed by atoms with Crippen LogP contribution in [0, 0.1) is 5.41 Å². The number of rotatable bonds is 18. The van der Waals surface area contributed by atoms with Gasteiger partial charge in [0.15, 0.2) is 5.71 Å². The van der Waals surface area contributed by atoms with Gasteiger partial charge in [0.1, 0.15) is 17.2 Å². The molecule has 0 aliphatic carbocycles. The summed E-state index contributed by atoms with van der Waals surface area (Å²) in [5.74, 6) is -0.0561. The van der Waals surface area contributed by atoms with E-state index in [1.54, 1.807) is 30.3 Å². The number of carbonyl (C=O) groups is 2. The fourth-order valence-electron chi connectivity index (χ4n) is 9.94. The molecule has 0 saturated carbocycles. The maximum atomic E-state index is 13.3. The largest absolute Gasteiger partial charge is 0.691 e. The second-order valence-corrected chi connectivity index (χ2v) is 23.3. The number of nitrogens with zero attached hydrogens (tertiary/aromatic N) is 3. The van der Waals surface area contributed by atoms with Gasteiger partial charge in [-0.05, 0) is 117 Å². The lowest BCUT2D eigenvalue weighted by Gasteiger charge is -2.26. The zero-order valence-electron chi connectivity index (χ0n) is 41.3. The Balaban J connectivity index is 1.29. The number of allylic oxidation sites excluding steroid dienone is 6. The average molecular weight is 1030 g/mol. The summed E-state index contributed by atoms with van der Waals surface area (Å²) in [6, 6.07) is 18.3. The molecule has 2 aliphatic rings. The molecular formula is C53H60N4O11S3. The quantitative estimate of drug-likeness (QED) is 0.0142. The molecule has 0 saturated heterocycles. The van der Waals surface area contributed by atoms with Crippen LogP contribution in [0.3, 0.4) is 0 Å². The third kappa shape index (κ3) is 10.7. The number of benzene rings is 4. The molecule has 0 bridgehead atoms. The molecule has 376 valence electrons. The number of unbranched alkanes of at least 4 members (excludes halogenated alkanes) is 2. The van der Waals surface area contributed by atoms with Crippen molar-refractivity contribution in [1.29, 1.82) is 0 Å². The first-order valence-electron chi connectivity index (χ1n) is 23.4. The van der Waals surface area contributed by atoms with Crippen molar-refractivity contribution in [2.45, 2.75) is 114 Å². The predicted molar refractivity (Wildman–Crippen MR) is 275 cm³/mol. The van der Waals surface area contributed by atoms with Crippen LogP contribution in [0.2, 0.25) is 0 Å². The van der Waals surface area contributed by atoms with Gasteiger partial charge in [-0.1, -0.05) is 65.3 Å². The van der Waals surface area contributed by atoms with E-state index in [-0.39, 0.29) is 31.8 Å². The minimum atomic E-state index is -4.68. The summed E-state index contributed by atoms with van der Waals surface area (Å²) in [5, 5.41) is 19.6. The molecule has 71 heavy (non-hydrogen) atoms. The average Bonchev–Trinajstić information content (AvgIpc) is 3.68. The van der Waals surface area contributed by atoms with E-state index < -0.39 is 31.1 Å². The van der Waals surface area contributed by atoms with E-state index in [0.29, 0.717) is 76.5 Å². The van der Waals surface area contributed by atoms with Crippen molar-refractivity contribution in [3.05, 3.63) is 125 Å². The third-order valence-electron chi connectivity index (χ3n) is 13.5. The fourth-order valence-corrected chi connectivity index (χ4v) is 11.8. The maximum absolute atomic E-state index is 13.3. The molecule has 18 heteroatoms. The third-order valence-corrected chi connectivity index (χ3v) is 15.9. The van der Waals surface area contributed by atoms with Gasteiger partial charge < -0.3 is 15.5 Å². The lowest BCUT2D eigenvalue weighted by molar-refractivity contribution is -0.777. The lowest BCUT2D eigenvalue weighted by atomic mass is 9.79. The van der Waals surface area contributed by atoms with E-state index in [1.165, 1.54) is 24.4 Å². The molecule has 3 heterocycles. The lowest BCUT2D eigenvalue weighted by Crippen LogP contribution is -2.27. The number of amides is 1. The van der Waals surface area contributed by atoms with Gasteiger partial charge in [-0.2, -0.15) is 25.7 Å². The molecule has 0 fully saturated rings. The molecule has 0 radical (unpaired) electrons. The topological polar surface area (TPSA) is 216 Å². The minimum Gasteiger partial charge on any atom is -0.691 e. The van der Waals surface area contributed by atoms with Gasteiger partial charge in [0, 0.05) is 81.5 Å². The van der Waals surface area contributed by atoms with Crippen LogP contribution < -0.4 is 15.5 Å². The standard InChI is InChI=1S/C53H60N4O11S3/c1-10-56-41-26-23-37-38(16-15-17-44(37)71(64,65)66)48(41)52(6,7)45(56)27-20-33(40-24-19-34(32-55-40)50(59)54-29-14-12-13-18-47(58)51(3,4)5)21-28-46-53(8,9)49-39-30-35(70(61,62)63)31-43(69-68-67-60)36(39)22-25-42(49)57(46)11-2/h15-17,19-28,30-32H,10-14,18,29H2,1-9H3,(H3-,54,59,60,61,62,63,64,65,66). The molecular weight excluding hydrogens is 965 g/mol. The first-order valence-corrected chi connectivity index (χ1v) is 27.0. The number of fused-ring (bicyclic) bond motifs is 6. The van der Waals surface area contributed by atoms with Gasteiger partial charge in [0.05, 0.1) is 33.6 Å². The van der Waals surface area contributed by atoms with Crippen LogP contribution in [0.4, 0.5) is 11.4 Å². The van der Waals surface area contributed by atoms with E-state index in [2.05, 4.69) is 38.0 Å². The number of nitrogens with one attached hydrogen (secondary N) is 1. The maximum Gasteiger partial charge on any atom is 0.295 e. The summed E-state index contributed by atoms with van der Waals surface area (Å²) in [6.45, 7) is 19.5. The summed E-state index contributed by atoms with van der Waals surface area (Å²) in [4.78, 5) is 32.3. The summed E-state index contributed by atoms with van der Waals surface area (Å²) in [5.41, 5.74) is 4.98. The van der Waals surface area contributed by atoms with Crippen molar-refractivity contribution in [1.82, 2.24) is 10.3 Å². The van der Waals surface area contributed by atoms with Gasteiger partial charge in [-0.15, -0.1) is 0 Å². The van der Waals surface area contributed by atoms with Crippen LogP contribution in [0.25, 0.3) is 27.1 Å². The van der Waals surface area contributed by atoms with Crippen LogP contribution in [0.1, 0.15) is 115 Å². The smallest absolute Gasteiger partial charge is 0.295 e.